The third-order valence-corrected chi connectivity index (χ3v) is 5.71. The number of ether oxygens (including phenoxy) is 2. The van der Waals surface area contributed by atoms with Crippen LogP contribution in [0.15, 0.2) is 55.0 Å². The fourth-order valence-electron chi connectivity index (χ4n) is 3.98. The van der Waals surface area contributed by atoms with E-state index in [1.165, 1.54) is 0 Å². The molecule has 8 nitrogen and oxygen atoms in total. The molecule has 1 amide bonds. The number of nitrogens with one attached hydrogen (secondary N) is 1. The number of nitrogens with zero attached hydrogens (tertiary/aromatic N) is 4. The highest BCUT2D eigenvalue weighted by atomic mass is 16.5. The predicted molar refractivity (Wildman–Crippen MR) is 126 cm³/mol. The number of benzene rings is 1. The molecule has 3 heterocycles. The molecule has 2 aromatic heterocycles. The van der Waals surface area contributed by atoms with Gasteiger partial charge in [0.05, 0.1) is 31.2 Å². The Hall–Kier alpha value is -3.68. The van der Waals surface area contributed by atoms with Crippen LogP contribution in [0.5, 0.6) is 11.5 Å². The fraction of sp³-hybridized carbons (Fsp3) is 0.360. The Bertz CT molecular complexity index is 1120. The van der Waals surface area contributed by atoms with Gasteiger partial charge in [-0.2, -0.15) is 0 Å². The first-order valence-electron chi connectivity index (χ1n) is 11.0. The quantitative estimate of drug-likeness (QED) is 0.572. The fourth-order valence-corrected chi connectivity index (χ4v) is 3.98. The summed E-state index contributed by atoms with van der Waals surface area (Å²) in [5, 5.41) is 3.23. The summed E-state index contributed by atoms with van der Waals surface area (Å²) < 4.78 is 11.3. The summed E-state index contributed by atoms with van der Waals surface area (Å²) in [7, 11) is 1.61. The van der Waals surface area contributed by atoms with Crippen LogP contribution in [0.4, 0.5) is 11.6 Å². The van der Waals surface area contributed by atoms with E-state index >= 15 is 0 Å². The predicted octanol–water partition coefficient (Wildman–Crippen LogP) is 4.45. The molecule has 0 saturated carbocycles. The van der Waals surface area contributed by atoms with Crippen molar-refractivity contribution in [2.45, 2.75) is 45.3 Å². The number of rotatable bonds is 7. The average molecular weight is 448 g/mol. The normalized spacial score (nSPS) is 15.9. The van der Waals surface area contributed by atoms with Gasteiger partial charge in [0.1, 0.15) is 23.1 Å². The van der Waals surface area contributed by atoms with Crippen molar-refractivity contribution >= 4 is 17.5 Å². The van der Waals surface area contributed by atoms with Gasteiger partial charge < -0.3 is 19.7 Å². The standard InChI is InChI=1S/C25H29N5O3/c1-17-7-5-13-27-23(17)29-22-16-26-15-20(28-22)21-8-6-14-30(21)24(31)25(2,3)33-19-11-9-18(32-4)10-12-19/h5,7,9-13,15-16,21H,6,8,14H2,1-4H3,(H,27,28,29)/t21-/m1/s1. The van der Waals surface area contributed by atoms with Crippen LogP contribution in [0.1, 0.15) is 44.0 Å². The largest absolute Gasteiger partial charge is 0.497 e. The SMILES string of the molecule is COc1ccc(OC(C)(C)C(=O)N2CCC[C@@H]2c2cncc(Nc3ncccc3C)n2)cc1. The Morgan fingerprint density at radius 1 is 1.15 bits per heavy atom. The van der Waals surface area contributed by atoms with E-state index in [4.69, 9.17) is 14.5 Å². The lowest BCUT2D eigenvalue weighted by Crippen LogP contribution is -2.48. The lowest BCUT2D eigenvalue weighted by Gasteiger charge is -2.33. The van der Waals surface area contributed by atoms with Crippen molar-refractivity contribution in [3.63, 3.8) is 0 Å². The molecule has 0 spiro atoms. The van der Waals surface area contributed by atoms with Gasteiger partial charge in [-0.25, -0.2) is 9.97 Å². The van der Waals surface area contributed by atoms with Gasteiger partial charge in [0.25, 0.3) is 5.91 Å². The van der Waals surface area contributed by atoms with Crippen LogP contribution in [-0.2, 0) is 4.79 Å². The highest BCUT2D eigenvalue weighted by molar-refractivity contribution is 5.85. The highest BCUT2D eigenvalue weighted by Gasteiger charge is 2.40. The van der Waals surface area contributed by atoms with Crippen molar-refractivity contribution in [1.29, 1.82) is 0 Å². The summed E-state index contributed by atoms with van der Waals surface area (Å²) in [6, 6.07) is 10.9. The van der Waals surface area contributed by atoms with E-state index in [1.54, 1.807) is 51.7 Å². The molecule has 1 aliphatic rings. The molecule has 3 aromatic rings. The van der Waals surface area contributed by atoms with Crippen LogP contribution in [-0.4, -0.2) is 45.0 Å². The van der Waals surface area contributed by atoms with Gasteiger partial charge in [-0.15, -0.1) is 0 Å². The summed E-state index contributed by atoms with van der Waals surface area (Å²) in [4.78, 5) is 28.8. The maximum Gasteiger partial charge on any atom is 0.266 e. The molecule has 172 valence electrons. The summed E-state index contributed by atoms with van der Waals surface area (Å²) in [6.07, 6.45) is 6.84. The van der Waals surface area contributed by atoms with E-state index in [0.29, 0.717) is 18.1 Å². The van der Waals surface area contributed by atoms with E-state index in [0.717, 1.165) is 35.7 Å². The van der Waals surface area contributed by atoms with E-state index in [2.05, 4.69) is 15.3 Å². The summed E-state index contributed by atoms with van der Waals surface area (Å²) in [6.45, 7) is 6.22. The number of hydrogen-bond acceptors (Lipinski definition) is 7. The van der Waals surface area contributed by atoms with Crippen LogP contribution in [0.25, 0.3) is 0 Å². The molecule has 0 radical (unpaired) electrons. The van der Waals surface area contributed by atoms with E-state index < -0.39 is 5.60 Å². The number of anilines is 2. The Morgan fingerprint density at radius 2 is 1.91 bits per heavy atom. The first kappa shape index (κ1) is 22.5. The Kier molecular flexibility index (Phi) is 6.44. The minimum absolute atomic E-state index is 0.0819. The number of pyridine rings is 1. The van der Waals surface area contributed by atoms with Gasteiger partial charge in [0.15, 0.2) is 5.60 Å². The molecule has 1 fully saturated rings. The summed E-state index contributed by atoms with van der Waals surface area (Å²) in [5.74, 6) is 2.60. The second kappa shape index (κ2) is 9.44. The Balaban J connectivity index is 1.51. The maximum atomic E-state index is 13.5. The molecule has 4 rings (SSSR count). The topological polar surface area (TPSA) is 89.5 Å². The molecule has 1 aromatic carbocycles. The summed E-state index contributed by atoms with van der Waals surface area (Å²) >= 11 is 0. The number of carbonyl (C=O) groups excluding carboxylic acids is 1. The maximum absolute atomic E-state index is 13.5. The van der Waals surface area contributed by atoms with Crippen LogP contribution >= 0.6 is 0 Å². The van der Waals surface area contributed by atoms with Crippen molar-refractivity contribution < 1.29 is 14.3 Å². The Morgan fingerprint density at radius 3 is 2.64 bits per heavy atom. The number of amides is 1. The van der Waals surface area contributed by atoms with Crippen LogP contribution in [0.3, 0.4) is 0 Å². The lowest BCUT2D eigenvalue weighted by molar-refractivity contribution is -0.146. The molecule has 0 aliphatic carbocycles. The van der Waals surface area contributed by atoms with Crippen molar-refractivity contribution in [2.75, 3.05) is 19.0 Å². The molecule has 0 bridgehead atoms. The van der Waals surface area contributed by atoms with Gasteiger partial charge in [-0.1, -0.05) is 6.07 Å². The number of methoxy groups -OCH3 is 1. The summed E-state index contributed by atoms with van der Waals surface area (Å²) in [5.41, 5.74) is 0.727. The van der Waals surface area contributed by atoms with Crippen LogP contribution < -0.4 is 14.8 Å². The van der Waals surface area contributed by atoms with Crippen molar-refractivity contribution in [2.24, 2.45) is 0 Å². The number of likely N-dealkylation sites (tertiary alicyclic amines) is 1. The minimum atomic E-state index is -1.04. The Labute approximate surface area is 194 Å². The molecular weight excluding hydrogens is 418 g/mol. The zero-order chi connectivity index (χ0) is 23.4. The first-order valence-corrected chi connectivity index (χ1v) is 11.0. The third-order valence-electron chi connectivity index (χ3n) is 5.71. The zero-order valence-electron chi connectivity index (χ0n) is 19.4. The van der Waals surface area contributed by atoms with Gasteiger partial charge in [-0.3, -0.25) is 9.78 Å². The van der Waals surface area contributed by atoms with Gasteiger partial charge in [-0.05, 0) is 69.5 Å². The second-order valence-corrected chi connectivity index (χ2v) is 8.57. The molecule has 33 heavy (non-hydrogen) atoms. The van der Waals surface area contributed by atoms with Crippen molar-refractivity contribution in [3.05, 3.63) is 66.2 Å². The third kappa shape index (κ3) is 5.05. The monoisotopic (exact) mass is 447 g/mol. The minimum Gasteiger partial charge on any atom is -0.497 e. The van der Waals surface area contributed by atoms with Crippen molar-refractivity contribution in [3.8, 4) is 11.5 Å². The number of aromatic nitrogens is 3. The second-order valence-electron chi connectivity index (χ2n) is 8.57. The highest BCUT2D eigenvalue weighted by Crippen LogP contribution is 2.34. The van der Waals surface area contributed by atoms with Crippen molar-refractivity contribution in [1.82, 2.24) is 19.9 Å². The zero-order valence-corrected chi connectivity index (χ0v) is 19.4. The number of aryl methyl sites for hydroxylation is 1. The molecule has 0 unspecified atom stereocenters. The van der Waals surface area contributed by atoms with Gasteiger partial charge in [0.2, 0.25) is 0 Å². The molecule has 1 saturated heterocycles. The molecule has 1 atom stereocenters. The van der Waals surface area contributed by atoms with E-state index in [9.17, 15) is 4.79 Å². The molecular formula is C25H29N5O3. The number of carbonyl (C=O) groups is 1. The van der Waals surface area contributed by atoms with Gasteiger partial charge in [0, 0.05) is 12.7 Å². The van der Waals surface area contributed by atoms with Gasteiger partial charge >= 0.3 is 0 Å². The smallest absolute Gasteiger partial charge is 0.266 e. The van der Waals surface area contributed by atoms with Crippen LogP contribution in [0, 0.1) is 6.92 Å². The van der Waals surface area contributed by atoms with E-state index in [1.807, 2.05) is 36.1 Å². The molecule has 8 heteroatoms. The first-order chi connectivity index (χ1) is 15.9. The van der Waals surface area contributed by atoms with E-state index in [-0.39, 0.29) is 11.9 Å². The molecule has 1 N–H and O–H groups in total. The number of hydrogen-bond donors (Lipinski definition) is 1. The average Bonchev–Trinajstić information content (AvgIpc) is 3.30. The van der Waals surface area contributed by atoms with Crippen LogP contribution in [0.2, 0.25) is 0 Å². The lowest BCUT2D eigenvalue weighted by atomic mass is 10.1. The molecule has 1 aliphatic heterocycles.